The molecule has 37 heavy (non-hydrogen) atoms. The van der Waals surface area contributed by atoms with E-state index in [1.54, 1.807) is 12.1 Å². The highest BCUT2D eigenvalue weighted by Gasteiger charge is 2.56. The number of benzene rings is 1. The molecule has 0 spiro atoms. The minimum Gasteiger partial charge on any atom is -0.507 e. The summed E-state index contributed by atoms with van der Waals surface area (Å²) < 4.78 is 20.1. The van der Waals surface area contributed by atoms with Crippen LogP contribution in [0.1, 0.15) is 52.4 Å². The van der Waals surface area contributed by atoms with Gasteiger partial charge in [0.1, 0.15) is 17.4 Å². The van der Waals surface area contributed by atoms with Crippen molar-refractivity contribution in [2.75, 3.05) is 12.4 Å². The number of halogens is 1. The number of nitrogens with zero attached hydrogens (tertiary/aromatic N) is 4. The van der Waals surface area contributed by atoms with Crippen molar-refractivity contribution in [2.45, 2.75) is 69.5 Å². The molecule has 2 aliphatic heterocycles. The third-order valence-electron chi connectivity index (χ3n) is 8.49. The first-order valence-electron chi connectivity index (χ1n) is 13.1. The van der Waals surface area contributed by atoms with E-state index in [-0.39, 0.29) is 33.8 Å². The summed E-state index contributed by atoms with van der Waals surface area (Å²) in [6.45, 7) is 4.74. The third kappa shape index (κ3) is 4.50. The van der Waals surface area contributed by atoms with Crippen LogP contribution < -0.4 is 15.4 Å². The number of piperidine rings is 2. The van der Waals surface area contributed by atoms with E-state index in [2.05, 4.69) is 44.9 Å². The number of methoxy groups -OCH3 is 1. The van der Waals surface area contributed by atoms with Gasteiger partial charge in [-0.1, -0.05) is 0 Å². The number of phenols is 1. The van der Waals surface area contributed by atoms with E-state index >= 15 is 4.39 Å². The zero-order valence-electron chi connectivity index (χ0n) is 21.5. The second-order valence-electron chi connectivity index (χ2n) is 11.4. The van der Waals surface area contributed by atoms with E-state index in [9.17, 15) is 5.11 Å². The van der Waals surface area contributed by atoms with Gasteiger partial charge in [-0.3, -0.25) is 0 Å². The summed E-state index contributed by atoms with van der Waals surface area (Å²) in [5, 5.41) is 34.8. The Morgan fingerprint density at radius 3 is 2.65 bits per heavy atom. The molecule has 9 heteroatoms. The van der Waals surface area contributed by atoms with Gasteiger partial charge in [0, 0.05) is 39.9 Å². The van der Waals surface area contributed by atoms with Gasteiger partial charge in [0.2, 0.25) is 5.88 Å². The molecule has 3 fully saturated rings. The molecule has 8 nitrogen and oxygen atoms in total. The molecule has 2 aromatic heterocycles. The number of hydrogen-bond acceptors (Lipinski definition) is 8. The normalized spacial score (nSPS) is 29.1. The molecule has 4 atom stereocenters. The number of ether oxygens (including phenoxy) is 1. The highest BCUT2D eigenvalue weighted by Crippen LogP contribution is 2.53. The fraction of sp³-hybridized carbons (Fsp3) is 0.500. The predicted molar refractivity (Wildman–Crippen MR) is 139 cm³/mol. The highest BCUT2D eigenvalue weighted by atomic mass is 19.1. The molecule has 3 N–H and O–H groups in total. The minimum atomic E-state index is -0.512. The molecule has 1 saturated carbocycles. The number of rotatable bonds is 6. The molecular formula is C28H33FN6O2. The van der Waals surface area contributed by atoms with Crippen LogP contribution in [0.2, 0.25) is 0 Å². The van der Waals surface area contributed by atoms with Gasteiger partial charge in [-0.2, -0.15) is 5.10 Å². The lowest BCUT2D eigenvalue weighted by Crippen LogP contribution is -2.70. The number of phenolic OH excluding ortho intramolecular Hbond substituents is 1. The number of aromatic nitrogens is 4. The molecule has 6 rings (SSSR count). The summed E-state index contributed by atoms with van der Waals surface area (Å²) >= 11 is 0. The monoisotopic (exact) mass is 504 g/mol. The van der Waals surface area contributed by atoms with Crippen LogP contribution in [0.5, 0.6) is 11.6 Å². The number of nitrogens with one attached hydrogen (secondary N) is 2. The lowest BCUT2D eigenvalue weighted by Gasteiger charge is -2.58. The molecule has 2 saturated heterocycles. The van der Waals surface area contributed by atoms with E-state index in [0.717, 1.165) is 12.3 Å². The van der Waals surface area contributed by atoms with Gasteiger partial charge in [0.15, 0.2) is 0 Å². The van der Waals surface area contributed by atoms with Crippen LogP contribution in [0.4, 0.5) is 10.2 Å². The maximum absolute atomic E-state index is 15.1. The molecule has 0 radical (unpaired) electrons. The summed E-state index contributed by atoms with van der Waals surface area (Å²) in [5.74, 6) is 1.66. The first-order chi connectivity index (χ1) is 17.8. The predicted octanol–water partition coefficient (Wildman–Crippen LogP) is 4.96. The Hall–Kier alpha value is -3.33. The van der Waals surface area contributed by atoms with E-state index < -0.39 is 5.82 Å². The van der Waals surface area contributed by atoms with Crippen molar-refractivity contribution in [1.82, 2.24) is 25.7 Å². The standard InChI is InChI=1S/C28H33FN6O2/c1-27-9-4-10-28(2,35-27)26(16-5-6-16)22(14-27)31-24-8-7-21(32-33-24)19-12-20(29)18(13-23(19)36)17-11-25(37-3)34-30-15-17/h7-8,11-13,15-16,22,26,35-36H,4-6,9-10,14H2,1-3H3,(H,31,33). The lowest BCUT2D eigenvalue weighted by molar-refractivity contribution is 0.0193. The fourth-order valence-electron chi connectivity index (χ4n) is 6.89. The Kier molecular flexibility index (Phi) is 5.78. The summed E-state index contributed by atoms with van der Waals surface area (Å²) in [5.41, 5.74) is 1.60. The van der Waals surface area contributed by atoms with Gasteiger partial charge in [0.25, 0.3) is 0 Å². The van der Waals surface area contributed by atoms with Crippen LogP contribution in [0.25, 0.3) is 22.4 Å². The van der Waals surface area contributed by atoms with Crippen LogP contribution in [0.3, 0.4) is 0 Å². The maximum Gasteiger partial charge on any atom is 0.233 e. The van der Waals surface area contributed by atoms with E-state index in [0.29, 0.717) is 29.0 Å². The largest absolute Gasteiger partial charge is 0.507 e. The van der Waals surface area contributed by atoms with Gasteiger partial charge in [-0.15, -0.1) is 15.3 Å². The maximum atomic E-state index is 15.1. The number of anilines is 1. The van der Waals surface area contributed by atoms with Crippen LogP contribution in [0, 0.1) is 17.7 Å². The van der Waals surface area contributed by atoms with E-state index in [1.807, 2.05) is 6.07 Å². The fourth-order valence-corrected chi connectivity index (χ4v) is 6.89. The first-order valence-corrected chi connectivity index (χ1v) is 13.1. The SMILES string of the molecule is COc1cc(-c2cc(O)c(-c3ccc(NC4CC5(C)CCCC(C)(N5)C4C4CC4)nn3)cc2F)cnn1. The quantitative estimate of drug-likeness (QED) is 0.433. The van der Waals surface area contributed by atoms with Crippen molar-refractivity contribution in [3.05, 3.63) is 42.3 Å². The average molecular weight is 505 g/mol. The Bertz CT molecular complexity index is 1320. The number of aromatic hydroxyl groups is 1. The lowest BCUT2D eigenvalue weighted by atomic mass is 9.62. The average Bonchev–Trinajstić information content (AvgIpc) is 3.70. The van der Waals surface area contributed by atoms with E-state index in [4.69, 9.17) is 4.74 Å². The molecule has 3 aromatic rings. The first kappa shape index (κ1) is 24.0. The molecule has 1 aromatic carbocycles. The highest BCUT2D eigenvalue weighted by molar-refractivity contribution is 5.75. The molecule has 0 amide bonds. The minimum absolute atomic E-state index is 0.0944. The smallest absolute Gasteiger partial charge is 0.233 e. The van der Waals surface area contributed by atoms with Gasteiger partial charge >= 0.3 is 0 Å². The van der Waals surface area contributed by atoms with Crippen molar-refractivity contribution < 1.29 is 14.2 Å². The van der Waals surface area contributed by atoms with Crippen molar-refractivity contribution in [3.8, 4) is 34.0 Å². The summed E-state index contributed by atoms with van der Waals surface area (Å²) in [4.78, 5) is 0. The Morgan fingerprint density at radius 2 is 1.92 bits per heavy atom. The molecule has 2 bridgehead atoms. The zero-order chi connectivity index (χ0) is 25.8. The van der Waals surface area contributed by atoms with Crippen molar-refractivity contribution in [3.63, 3.8) is 0 Å². The molecule has 194 valence electrons. The van der Waals surface area contributed by atoms with Crippen molar-refractivity contribution >= 4 is 5.82 Å². The number of fused-ring (bicyclic) bond motifs is 2. The van der Waals surface area contributed by atoms with E-state index in [1.165, 1.54) is 57.5 Å². The van der Waals surface area contributed by atoms with Crippen LogP contribution >= 0.6 is 0 Å². The molecule has 3 aliphatic rings. The van der Waals surface area contributed by atoms with Gasteiger partial charge in [-0.25, -0.2) is 4.39 Å². The molecule has 4 heterocycles. The summed E-state index contributed by atoms with van der Waals surface area (Å²) in [6.07, 6.45) is 8.73. The Balaban J connectivity index is 1.24. The van der Waals surface area contributed by atoms with Gasteiger partial charge in [0.05, 0.1) is 19.0 Å². The van der Waals surface area contributed by atoms with Crippen molar-refractivity contribution in [1.29, 1.82) is 0 Å². The zero-order valence-corrected chi connectivity index (χ0v) is 21.5. The van der Waals surface area contributed by atoms with Gasteiger partial charge in [-0.05, 0) is 88.5 Å². The Morgan fingerprint density at radius 1 is 1.08 bits per heavy atom. The van der Waals surface area contributed by atoms with Crippen LogP contribution in [0.15, 0.2) is 36.5 Å². The van der Waals surface area contributed by atoms with Crippen LogP contribution in [-0.2, 0) is 0 Å². The molecule has 1 aliphatic carbocycles. The van der Waals surface area contributed by atoms with Gasteiger partial charge < -0.3 is 20.5 Å². The summed E-state index contributed by atoms with van der Waals surface area (Å²) in [6, 6.07) is 8.17. The third-order valence-corrected chi connectivity index (χ3v) is 8.49. The second-order valence-corrected chi connectivity index (χ2v) is 11.4. The van der Waals surface area contributed by atoms with Crippen molar-refractivity contribution in [2.24, 2.45) is 11.8 Å². The topological polar surface area (TPSA) is 105 Å². The van der Waals surface area contributed by atoms with Crippen LogP contribution in [-0.4, -0.2) is 49.7 Å². The Labute approximate surface area is 216 Å². The molecular weight excluding hydrogens is 471 g/mol. The number of hydrogen-bond donors (Lipinski definition) is 3. The second kappa shape index (κ2) is 8.90. The summed E-state index contributed by atoms with van der Waals surface area (Å²) in [7, 11) is 1.46. The molecule has 4 unspecified atom stereocenters.